The first-order valence-electron chi connectivity index (χ1n) is 5.61. The molecular weight excluding hydrogens is 292 g/mol. The van der Waals surface area contributed by atoms with Crippen LogP contribution in [-0.2, 0) is 19.2 Å². The van der Waals surface area contributed by atoms with Crippen LogP contribution >= 0.6 is 0 Å². The predicted molar refractivity (Wildman–Crippen MR) is 63.1 cm³/mol. The molecule has 0 aromatic rings. The van der Waals surface area contributed by atoms with Gasteiger partial charge < -0.3 is 30.5 Å². The van der Waals surface area contributed by atoms with Crippen molar-refractivity contribution < 1.29 is 39.1 Å². The molecule has 0 aromatic heterocycles. The van der Waals surface area contributed by atoms with Gasteiger partial charge in [0.2, 0.25) is 0 Å². The molecule has 1 aliphatic rings. The molecule has 21 heavy (non-hydrogen) atoms. The molecule has 12 nitrogen and oxygen atoms in total. The maximum atomic E-state index is 12.5. The molecule has 0 spiro atoms. The summed E-state index contributed by atoms with van der Waals surface area (Å²) in [5.74, 6) is -6.55. The van der Waals surface area contributed by atoms with Crippen LogP contribution in [0.1, 0.15) is 0 Å². The minimum Gasteiger partial charge on any atom is -0.630 e. The second-order valence-corrected chi connectivity index (χ2v) is 4.54. The molecule has 7 N–H and O–H groups in total. The molecule has 1 heterocycles. The average Bonchev–Trinajstić information content (AvgIpc) is 2.79. The second-order valence-electron chi connectivity index (χ2n) is 4.54. The van der Waals surface area contributed by atoms with E-state index < -0.39 is 59.9 Å². The topological polar surface area (TPSA) is 202 Å². The van der Waals surface area contributed by atoms with E-state index >= 15 is 0 Å². The second kappa shape index (κ2) is 5.61. The molecule has 0 saturated carbocycles. The highest BCUT2D eigenvalue weighted by Crippen LogP contribution is 2.23. The third-order valence-corrected chi connectivity index (χ3v) is 3.18. The minimum absolute atomic E-state index is 0.608. The number of hydrogen-bond acceptors (Lipinski definition) is 7. The molecule has 1 saturated heterocycles. The number of carbonyl (C=O) groups is 4. The molecule has 2 unspecified atom stereocenters. The van der Waals surface area contributed by atoms with Crippen molar-refractivity contribution in [3.8, 4) is 0 Å². The van der Waals surface area contributed by atoms with E-state index in [0.717, 1.165) is 0 Å². The largest absolute Gasteiger partial charge is 0.630 e. The zero-order valence-electron chi connectivity index (χ0n) is 10.6. The Kier molecular flexibility index (Phi) is 4.48. The van der Waals surface area contributed by atoms with Crippen molar-refractivity contribution >= 4 is 23.8 Å². The van der Waals surface area contributed by atoms with Crippen molar-refractivity contribution in [2.45, 2.75) is 11.7 Å². The van der Waals surface area contributed by atoms with Crippen LogP contribution in [0, 0.1) is 5.21 Å². The summed E-state index contributed by atoms with van der Waals surface area (Å²) in [6, 6.07) is -1.29. The number of nitrogens with two attached hydrogens (primary N) is 1. The van der Waals surface area contributed by atoms with Gasteiger partial charge in [-0.3, -0.25) is 20.6 Å². The van der Waals surface area contributed by atoms with Gasteiger partial charge in [-0.15, -0.1) is 0 Å². The van der Waals surface area contributed by atoms with Crippen LogP contribution in [0.2, 0.25) is 0 Å². The van der Waals surface area contributed by atoms with Gasteiger partial charge in [0.25, 0.3) is 5.66 Å². The Morgan fingerprint density at radius 3 is 2.29 bits per heavy atom. The Morgan fingerprint density at radius 2 is 1.90 bits per heavy atom. The van der Waals surface area contributed by atoms with E-state index in [0.29, 0.717) is 0 Å². The fourth-order valence-electron chi connectivity index (χ4n) is 1.84. The lowest BCUT2D eigenvalue weighted by atomic mass is 10.1. The number of nitrogens with zero attached hydrogens (tertiary/aromatic N) is 1. The summed E-state index contributed by atoms with van der Waals surface area (Å²) >= 11 is 0. The average molecular weight is 306 g/mol. The molecule has 1 rings (SSSR count). The van der Waals surface area contributed by atoms with Gasteiger partial charge in [0.05, 0.1) is 6.54 Å². The summed E-state index contributed by atoms with van der Waals surface area (Å²) in [5.41, 5.74) is 2.89. The summed E-state index contributed by atoms with van der Waals surface area (Å²) in [7, 11) is 0. The number of nitrogens with one attached hydrogen (secondary N) is 2. The number of hydroxylamine groups is 3. The number of rotatable bonds is 5. The molecule has 12 heteroatoms. The summed E-state index contributed by atoms with van der Waals surface area (Å²) in [6.45, 7) is -2.26. The maximum Gasteiger partial charge on any atom is 0.394 e. The lowest BCUT2D eigenvalue weighted by Crippen LogP contribution is -2.74. The van der Waals surface area contributed by atoms with Gasteiger partial charge in [-0.05, 0) is 0 Å². The molecular formula is C9H14N4O8. The number of aliphatic carboxylic acids is 3. The van der Waals surface area contributed by atoms with Gasteiger partial charge in [0.15, 0.2) is 6.04 Å². The number of amides is 1. The number of carbonyl (C=O) groups excluding carboxylic acids is 1. The Balaban J connectivity index is 2.95. The van der Waals surface area contributed by atoms with E-state index in [1.165, 1.54) is 0 Å². The molecule has 1 fully saturated rings. The van der Waals surface area contributed by atoms with Crippen LogP contribution in [0.4, 0.5) is 0 Å². The monoisotopic (exact) mass is 306 g/mol. The molecule has 1 amide bonds. The van der Waals surface area contributed by atoms with Gasteiger partial charge in [-0.1, -0.05) is 0 Å². The standard InChI is InChI=1S/C9H14N4O8/c10-9(8(19)20,2-11-5(14)7(17)18)13(21)1-4(6(15)16)12-3-13/h4,12H,1-3,10H2,(H,11,14)(H,15,16)(H,17,18)(H,19,20)/t4?,9-,13?/m1/s1. The summed E-state index contributed by atoms with van der Waals surface area (Å²) in [6.07, 6.45) is 0. The molecule has 118 valence electrons. The molecule has 0 aromatic carbocycles. The van der Waals surface area contributed by atoms with Crippen molar-refractivity contribution in [2.75, 3.05) is 19.8 Å². The molecule has 3 atom stereocenters. The normalized spacial score (nSPS) is 27.6. The smallest absolute Gasteiger partial charge is 0.394 e. The first-order chi connectivity index (χ1) is 9.53. The minimum atomic E-state index is -2.62. The zero-order valence-corrected chi connectivity index (χ0v) is 10.6. The summed E-state index contributed by atoms with van der Waals surface area (Å²) in [4.78, 5) is 43.3. The van der Waals surface area contributed by atoms with Gasteiger partial charge in [-0.25, -0.2) is 9.59 Å². The predicted octanol–water partition coefficient (Wildman–Crippen LogP) is -3.74. The Hall–Kier alpha value is -2.28. The Morgan fingerprint density at radius 1 is 1.33 bits per heavy atom. The lowest BCUT2D eigenvalue weighted by Gasteiger charge is -2.48. The van der Waals surface area contributed by atoms with Gasteiger partial charge in [0.1, 0.15) is 13.2 Å². The zero-order chi connectivity index (χ0) is 16.4. The van der Waals surface area contributed by atoms with Crippen LogP contribution < -0.4 is 16.4 Å². The summed E-state index contributed by atoms with van der Waals surface area (Å²) < 4.78 is -1.67. The third-order valence-electron chi connectivity index (χ3n) is 3.18. The number of carboxylic acids is 3. The van der Waals surface area contributed by atoms with Crippen molar-refractivity contribution in [3.63, 3.8) is 0 Å². The number of hydrogen-bond donors (Lipinski definition) is 6. The van der Waals surface area contributed by atoms with Crippen LogP contribution in [0.5, 0.6) is 0 Å². The molecule has 1 aliphatic heterocycles. The van der Waals surface area contributed by atoms with E-state index in [9.17, 15) is 24.4 Å². The van der Waals surface area contributed by atoms with Gasteiger partial charge in [-0.2, -0.15) is 0 Å². The first-order valence-corrected chi connectivity index (χ1v) is 5.61. The quantitative estimate of drug-likeness (QED) is 0.166. The highest BCUT2D eigenvalue weighted by atomic mass is 16.6. The van der Waals surface area contributed by atoms with E-state index in [2.05, 4.69) is 5.32 Å². The SMILES string of the molecule is N[C@@](CNC(=O)C(=O)O)(C(=O)O)[N+]1([O-])CNC(C(=O)O)C1. The van der Waals surface area contributed by atoms with Crippen LogP contribution in [0.15, 0.2) is 0 Å². The summed E-state index contributed by atoms with van der Waals surface area (Å²) in [5, 5.41) is 42.8. The van der Waals surface area contributed by atoms with Crippen molar-refractivity contribution in [3.05, 3.63) is 5.21 Å². The maximum absolute atomic E-state index is 12.5. The van der Waals surface area contributed by atoms with Crippen molar-refractivity contribution in [1.82, 2.24) is 10.6 Å². The van der Waals surface area contributed by atoms with E-state index in [1.807, 2.05) is 0 Å². The van der Waals surface area contributed by atoms with Gasteiger partial charge in [0, 0.05) is 0 Å². The molecule has 0 aliphatic carbocycles. The first kappa shape index (κ1) is 16.8. The van der Waals surface area contributed by atoms with Crippen LogP contribution in [-0.4, -0.2) is 75.2 Å². The molecule has 0 bridgehead atoms. The lowest BCUT2D eigenvalue weighted by molar-refractivity contribution is -0.911. The highest BCUT2D eigenvalue weighted by molar-refractivity contribution is 6.31. The molecule has 0 radical (unpaired) electrons. The van der Waals surface area contributed by atoms with Crippen LogP contribution in [0.25, 0.3) is 0 Å². The number of quaternary nitrogens is 1. The van der Waals surface area contributed by atoms with E-state index in [-0.39, 0.29) is 0 Å². The van der Waals surface area contributed by atoms with Gasteiger partial charge >= 0.3 is 23.8 Å². The Labute approximate surface area is 117 Å². The third kappa shape index (κ3) is 3.08. The Bertz CT molecular complexity index is 496. The van der Waals surface area contributed by atoms with E-state index in [4.69, 9.17) is 21.1 Å². The fourth-order valence-corrected chi connectivity index (χ4v) is 1.84. The fraction of sp³-hybridized carbons (Fsp3) is 0.556. The van der Waals surface area contributed by atoms with Crippen LogP contribution in [0.3, 0.4) is 0 Å². The van der Waals surface area contributed by atoms with Crippen molar-refractivity contribution in [2.24, 2.45) is 5.73 Å². The number of carboxylic acid groups (broad SMARTS) is 3. The van der Waals surface area contributed by atoms with E-state index in [1.54, 1.807) is 5.32 Å². The highest BCUT2D eigenvalue weighted by Gasteiger charge is 2.54. The van der Waals surface area contributed by atoms with Crippen molar-refractivity contribution in [1.29, 1.82) is 0 Å².